The number of amides is 1. The molecule has 0 fully saturated rings. The molecule has 3 nitrogen and oxygen atoms in total. The van der Waals surface area contributed by atoms with Crippen molar-refractivity contribution in [3.63, 3.8) is 0 Å². The molecular weight excluding hydrogens is 106 g/mol. The van der Waals surface area contributed by atoms with Crippen molar-refractivity contribution >= 4 is 6.09 Å². The average Bonchev–Trinajstić information content (AvgIpc) is 1.66. The second-order valence-corrected chi connectivity index (χ2v) is 1.03. The fraction of sp³-hybridized carbons (Fsp3) is 0.400. The van der Waals surface area contributed by atoms with Crippen LogP contribution in [0.1, 0.15) is 6.92 Å². The zero-order chi connectivity index (χ0) is 6.41. The van der Waals surface area contributed by atoms with Crippen LogP contribution >= 0.6 is 0 Å². The predicted molar refractivity (Wildman–Crippen MR) is 29.0 cm³/mol. The van der Waals surface area contributed by atoms with Crippen molar-refractivity contribution in [1.29, 1.82) is 0 Å². The summed E-state index contributed by atoms with van der Waals surface area (Å²) >= 11 is 0. The highest BCUT2D eigenvalue weighted by Gasteiger charge is 1.84. The Bertz CT molecular complexity index is 131. The van der Waals surface area contributed by atoms with Gasteiger partial charge in [-0.05, 0) is 6.92 Å². The van der Waals surface area contributed by atoms with E-state index in [-0.39, 0.29) is 6.61 Å². The number of rotatable bonds is 1. The van der Waals surface area contributed by atoms with Crippen LogP contribution in [0.3, 0.4) is 0 Å². The lowest BCUT2D eigenvalue weighted by Gasteiger charge is -1.89. The van der Waals surface area contributed by atoms with E-state index >= 15 is 0 Å². The number of primary amides is 1. The van der Waals surface area contributed by atoms with Crippen molar-refractivity contribution < 1.29 is 9.53 Å². The summed E-state index contributed by atoms with van der Waals surface area (Å²) in [4.78, 5) is 9.81. The lowest BCUT2D eigenvalue weighted by Crippen LogP contribution is -2.12. The molecule has 0 aromatic carbocycles. The van der Waals surface area contributed by atoms with E-state index < -0.39 is 6.09 Å². The maximum absolute atomic E-state index is 9.81. The number of hydrogen-bond donors (Lipinski definition) is 1. The Balaban J connectivity index is 3.14. The summed E-state index contributed by atoms with van der Waals surface area (Å²) in [5.74, 6) is 5.05. The lowest BCUT2D eigenvalue weighted by molar-refractivity contribution is 0.171. The van der Waals surface area contributed by atoms with Crippen LogP contribution < -0.4 is 5.73 Å². The molecule has 2 N–H and O–H groups in total. The van der Waals surface area contributed by atoms with Gasteiger partial charge in [0.05, 0.1) is 0 Å². The third-order valence-corrected chi connectivity index (χ3v) is 0.463. The zero-order valence-corrected chi connectivity index (χ0v) is 4.60. The van der Waals surface area contributed by atoms with Gasteiger partial charge in [0.25, 0.3) is 0 Å². The standard InChI is InChI=1S/C5H7NO2/c1-2-3-4-8-5(6)7/h4H2,1H3,(H2,6,7). The van der Waals surface area contributed by atoms with Gasteiger partial charge in [-0.25, -0.2) is 4.79 Å². The predicted octanol–water partition coefficient (Wildman–Crippen LogP) is 0.105. The second-order valence-electron chi connectivity index (χ2n) is 1.03. The monoisotopic (exact) mass is 113 g/mol. The van der Waals surface area contributed by atoms with Gasteiger partial charge >= 0.3 is 6.09 Å². The number of carbonyl (C=O) groups is 1. The Hall–Kier alpha value is -1.17. The van der Waals surface area contributed by atoms with Crippen LogP contribution in [-0.4, -0.2) is 12.7 Å². The summed E-state index contributed by atoms with van der Waals surface area (Å²) in [6, 6.07) is 0. The lowest BCUT2D eigenvalue weighted by atomic mass is 10.6. The maximum Gasteiger partial charge on any atom is 0.405 e. The van der Waals surface area contributed by atoms with Gasteiger partial charge in [0.2, 0.25) is 0 Å². The smallest absolute Gasteiger partial charge is 0.405 e. The number of carbonyl (C=O) groups excluding carboxylic acids is 1. The van der Waals surface area contributed by atoms with Crippen molar-refractivity contribution in [3.8, 4) is 11.8 Å². The largest absolute Gasteiger partial charge is 0.437 e. The molecule has 44 valence electrons. The minimum Gasteiger partial charge on any atom is -0.437 e. The summed E-state index contributed by atoms with van der Waals surface area (Å²) in [7, 11) is 0. The van der Waals surface area contributed by atoms with Crippen molar-refractivity contribution in [2.45, 2.75) is 6.92 Å². The summed E-state index contributed by atoms with van der Waals surface area (Å²) in [6.45, 7) is 1.75. The molecular formula is C5H7NO2. The fourth-order valence-corrected chi connectivity index (χ4v) is 0.179. The number of nitrogens with two attached hydrogens (primary N) is 1. The van der Waals surface area contributed by atoms with Crippen LogP contribution in [-0.2, 0) is 4.74 Å². The Morgan fingerprint density at radius 1 is 1.88 bits per heavy atom. The van der Waals surface area contributed by atoms with Crippen molar-refractivity contribution in [3.05, 3.63) is 0 Å². The molecule has 0 heterocycles. The third kappa shape index (κ3) is 4.83. The van der Waals surface area contributed by atoms with Crippen LogP contribution in [0.4, 0.5) is 4.79 Å². The Labute approximate surface area is 47.8 Å². The summed E-state index contributed by atoms with van der Waals surface area (Å²) in [5.41, 5.74) is 4.60. The molecule has 0 bridgehead atoms. The molecule has 0 saturated heterocycles. The molecule has 0 aliphatic heterocycles. The third-order valence-electron chi connectivity index (χ3n) is 0.463. The summed E-state index contributed by atoms with van der Waals surface area (Å²) in [6.07, 6.45) is -0.784. The molecule has 0 unspecified atom stereocenters. The first-order chi connectivity index (χ1) is 3.77. The Morgan fingerprint density at radius 2 is 2.50 bits per heavy atom. The van der Waals surface area contributed by atoms with E-state index in [9.17, 15) is 4.79 Å². The molecule has 1 amide bonds. The first-order valence-electron chi connectivity index (χ1n) is 2.09. The maximum atomic E-state index is 9.81. The van der Waals surface area contributed by atoms with E-state index in [2.05, 4.69) is 22.3 Å². The topological polar surface area (TPSA) is 52.3 Å². The normalized spacial score (nSPS) is 6.62. The highest BCUT2D eigenvalue weighted by Crippen LogP contribution is 1.68. The van der Waals surface area contributed by atoms with Crippen LogP contribution in [0.2, 0.25) is 0 Å². The van der Waals surface area contributed by atoms with Crippen LogP contribution in [0.25, 0.3) is 0 Å². The molecule has 0 aliphatic carbocycles. The average molecular weight is 113 g/mol. The quantitative estimate of drug-likeness (QED) is 0.490. The van der Waals surface area contributed by atoms with Crippen molar-refractivity contribution in [1.82, 2.24) is 0 Å². The van der Waals surface area contributed by atoms with Crippen LogP contribution in [0.5, 0.6) is 0 Å². The van der Waals surface area contributed by atoms with E-state index in [1.165, 1.54) is 0 Å². The first-order valence-corrected chi connectivity index (χ1v) is 2.09. The summed E-state index contributed by atoms with van der Waals surface area (Å²) in [5, 5.41) is 0. The zero-order valence-electron chi connectivity index (χ0n) is 4.60. The van der Waals surface area contributed by atoms with E-state index in [1.54, 1.807) is 6.92 Å². The highest BCUT2D eigenvalue weighted by molar-refractivity contribution is 5.64. The van der Waals surface area contributed by atoms with Gasteiger partial charge in [-0.2, -0.15) is 0 Å². The molecule has 0 atom stereocenters. The molecule has 0 spiro atoms. The molecule has 0 radical (unpaired) electrons. The molecule has 0 aromatic rings. The van der Waals surface area contributed by atoms with Gasteiger partial charge in [-0.15, -0.1) is 5.92 Å². The summed E-state index contributed by atoms with van der Waals surface area (Å²) < 4.78 is 4.25. The first kappa shape index (κ1) is 6.83. The van der Waals surface area contributed by atoms with Crippen LogP contribution in [0, 0.1) is 11.8 Å². The van der Waals surface area contributed by atoms with Gasteiger partial charge in [0, 0.05) is 0 Å². The van der Waals surface area contributed by atoms with E-state index in [4.69, 9.17) is 0 Å². The van der Waals surface area contributed by atoms with Crippen LogP contribution in [0.15, 0.2) is 0 Å². The van der Waals surface area contributed by atoms with Gasteiger partial charge in [0.15, 0.2) is 6.61 Å². The van der Waals surface area contributed by atoms with E-state index in [0.717, 1.165) is 0 Å². The number of ether oxygens (including phenoxy) is 1. The highest BCUT2D eigenvalue weighted by atomic mass is 16.5. The number of hydrogen-bond acceptors (Lipinski definition) is 2. The van der Waals surface area contributed by atoms with Gasteiger partial charge in [0.1, 0.15) is 0 Å². The second kappa shape index (κ2) is 4.00. The molecule has 8 heavy (non-hydrogen) atoms. The van der Waals surface area contributed by atoms with Gasteiger partial charge in [-0.3, -0.25) is 0 Å². The SMILES string of the molecule is CC#CCOC(N)=O. The molecule has 3 heteroatoms. The van der Waals surface area contributed by atoms with Gasteiger partial charge in [-0.1, -0.05) is 5.92 Å². The molecule has 0 aliphatic rings. The van der Waals surface area contributed by atoms with E-state index in [1.807, 2.05) is 0 Å². The van der Waals surface area contributed by atoms with Crippen molar-refractivity contribution in [2.75, 3.05) is 6.61 Å². The molecule has 0 rings (SSSR count). The van der Waals surface area contributed by atoms with Crippen molar-refractivity contribution in [2.24, 2.45) is 5.73 Å². The minimum absolute atomic E-state index is 0.0891. The Kier molecular flexibility index (Phi) is 3.42. The molecule has 0 aromatic heterocycles. The van der Waals surface area contributed by atoms with E-state index in [0.29, 0.717) is 0 Å². The fourth-order valence-electron chi connectivity index (χ4n) is 0.179. The Morgan fingerprint density at radius 3 is 2.88 bits per heavy atom. The van der Waals surface area contributed by atoms with Gasteiger partial charge < -0.3 is 10.5 Å². The molecule has 0 saturated carbocycles. The minimum atomic E-state index is -0.784.